The second-order valence-electron chi connectivity index (χ2n) is 4.41. The fourth-order valence-corrected chi connectivity index (χ4v) is 2.63. The summed E-state index contributed by atoms with van der Waals surface area (Å²) in [5, 5.41) is 2.99. The number of hydrogen-bond donors (Lipinski definition) is 1. The smallest absolute Gasteiger partial charge is 0.286 e. The van der Waals surface area contributed by atoms with E-state index >= 15 is 0 Å². The third-order valence-electron chi connectivity index (χ3n) is 3.06. The van der Waals surface area contributed by atoms with Crippen LogP contribution in [0.25, 0.3) is 16.9 Å². The molecule has 0 spiro atoms. The van der Waals surface area contributed by atoms with Crippen LogP contribution in [0.15, 0.2) is 57.8 Å². The van der Waals surface area contributed by atoms with Crippen molar-refractivity contribution in [3.05, 3.63) is 74.2 Å². The van der Waals surface area contributed by atoms with Crippen molar-refractivity contribution in [2.24, 2.45) is 0 Å². The van der Waals surface area contributed by atoms with Crippen molar-refractivity contribution in [1.82, 2.24) is 9.78 Å². The Morgan fingerprint density at radius 1 is 1.14 bits per heavy atom. The summed E-state index contributed by atoms with van der Waals surface area (Å²) in [4.78, 5) is 12.3. The molecule has 21 heavy (non-hydrogen) atoms. The van der Waals surface area contributed by atoms with Gasteiger partial charge < -0.3 is 0 Å². The minimum Gasteiger partial charge on any atom is -0.289 e. The minimum atomic E-state index is -0.576. The van der Waals surface area contributed by atoms with E-state index in [2.05, 4.69) is 21.0 Å². The Labute approximate surface area is 133 Å². The number of nitrogens with zero attached hydrogens (tertiary/aromatic N) is 1. The molecule has 0 saturated heterocycles. The number of H-pyrrole nitrogens is 1. The van der Waals surface area contributed by atoms with E-state index < -0.39 is 5.82 Å². The van der Waals surface area contributed by atoms with Crippen molar-refractivity contribution in [2.45, 2.75) is 0 Å². The molecule has 1 heterocycles. The summed E-state index contributed by atoms with van der Waals surface area (Å²) in [7, 11) is 0. The summed E-state index contributed by atoms with van der Waals surface area (Å²) in [6.07, 6.45) is 0. The van der Waals surface area contributed by atoms with Gasteiger partial charge in [0.2, 0.25) is 0 Å². The van der Waals surface area contributed by atoms with Crippen molar-refractivity contribution in [1.29, 1.82) is 0 Å². The molecule has 0 saturated carbocycles. The maximum Gasteiger partial charge on any atom is 0.286 e. The molecule has 3 aromatic rings. The van der Waals surface area contributed by atoms with Crippen molar-refractivity contribution in [2.75, 3.05) is 0 Å². The first-order chi connectivity index (χ1) is 10.1. The molecule has 0 atom stereocenters. The molecule has 2 aromatic carbocycles. The normalized spacial score (nSPS) is 10.8. The van der Waals surface area contributed by atoms with Crippen LogP contribution in [0.2, 0.25) is 5.02 Å². The Kier molecular flexibility index (Phi) is 3.69. The molecule has 0 aliphatic carbocycles. The molecular formula is C15H9BrClFN2O. The van der Waals surface area contributed by atoms with E-state index in [0.29, 0.717) is 15.9 Å². The maximum absolute atomic E-state index is 13.6. The standard InChI is InChI=1S/C15H9BrClFN2O/c16-13-14(9-4-2-1-3-5-9)19-20(15(13)21)10-6-7-11(17)12(18)8-10/h1-8,19H. The summed E-state index contributed by atoms with van der Waals surface area (Å²) in [5.74, 6) is -0.576. The lowest BCUT2D eigenvalue weighted by Gasteiger charge is -2.03. The second kappa shape index (κ2) is 5.50. The van der Waals surface area contributed by atoms with E-state index in [1.807, 2.05) is 30.3 Å². The summed E-state index contributed by atoms with van der Waals surface area (Å²) in [6.45, 7) is 0. The third-order valence-corrected chi connectivity index (χ3v) is 4.10. The lowest BCUT2D eigenvalue weighted by Crippen LogP contribution is -2.14. The number of aromatic amines is 1. The van der Waals surface area contributed by atoms with Crippen LogP contribution in [0.3, 0.4) is 0 Å². The number of halogens is 3. The molecule has 0 bridgehead atoms. The Morgan fingerprint density at radius 3 is 2.52 bits per heavy atom. The van der Waals surface area contributed by atoms with Gasteiger partial charge in [0.05, 0.1) is 16.4 Å². The number of nitrogens with one attached hydrogen (secondary N) is 1. The van der Waals surface area contributed by atoms with Crippen LogP contribution in [-0.2, 0) is 0 Å². The first-order valence-electron chi connectivity index (χ1n) is 6.09. The molecular weight excluding hydrogens is 359 g/mol. The van der Waals surface area contributed by atoms with E-state index in [1.54, 1.807) is 6.07 Å². The fourth-order valence-electron chi connectivity index (χ4n) is 2.02. The number of benzene rings is 2. The zero-order valence-electron chi connectivity index (χ0n) is 10.6. The van der Waals surface area contributed by atoms with Gasteiger partial charge in [-0.1, -0.05) is 41.9 Å². The van der Waals surface area contributed by atoms with Crippen LogP contribution in [0.1, 0.15) is 0 Å². The van der Waals surface area contributed by atoms with Gasteiger partial charge in [-0.25, -0.2) is 9.07 Å². The van der Waals surface area contributed by atoms with Gasteiger partial charge >= 0.3 is 0 Å². The van der Waals surface area contributed by atoms with Crippen LogP contribution in [0, 0.1) is 5.82 Å². The van der Waals surface area contributed by atoms with Crippen LogP contribution in [0.5, 0.6) is 0 Å². The average Bonchev–Trinajstić information content (AvgIpc) is 2.79. The molecule has 0 radical (unpaired) electrons. The number of rotatable bonds is 2. The zero-order chi connectivity index (χ0) is 15.0. The summed E-state index contributed by atoms with van der Waals surface area (Å²) in [6, 6.07) is 13.6. The average molecular weight is 368 g/mol. The lowest BCUT2D eigenvalue weighted by atomic mass is 10.2. The molecule has 6 heteroatoms. The fraction of sp³-hybridized carbons (Fsp3) is 0. The molecule has 1 aromatic heterocycles. The Hall–Kier alpha value is -1.85. The van der Waals surface area contributed by atoms with E-state index in [0.717, 1.165) is 5.56 Å². The topological polar surface area (TPSA) is 37.8 Å². The predicted molar refractivity (Wildman–Crippen MR) is 84.5 cm³/mol. The largest absolute Gasteiger partial charge is 0.289 e. The molecule has 3 rings (SSSR count). The molecule has 0 fully saturated rings. The van der Waals surface area contributed by atoms with E-state index in [-0.39, 0.29) is 10.6 Å². The van der Waals surface area contributed by atoms with Crippen molar-refractivity contribution >= 4 is 27.5 Å². The van der Waals surface area contributed by atoms with Gasteiger partial charge in [0.1, 0.15) is 10.3 Å². The van der Waals surface area contributed by atoms with Gasteiger partial charge in [0.25, 0.3) is 5.56 Å². The van der Waals surface area contributed by atoms with Crippen LogP contribution in [-0.4, -0.2) is 9.78 Å². The molecule has 0 aliphatic heterocycles. The first-order valence-corrected chi connectivity index (χ1v) is 7.26. The number of aromatic nitrogens is 2. The van der Waals surface area contributed by atoms with Crippen LogP contribution in [0.4, 0.5) is 4.39 Å². The quantitative estimate of drug-likeness (QED) is 0.717. The predicted octanol–water partition coefficient (Wildman–Crippen LogP) is 4.39. The molecule has 0 amide bonds. The highest BCUT2D eigenvalue weighted by Crippen LogP contribution is 2.25. The molecule has 1 N–H and O–H groups in total. The first kappa shape index (κ1) is 14.1. The van der Waals surface area contributed by atoms with Gasteiger partial charge in [-0.2, -0.15) is 0 Å². The van der Waals surface area contributed by atoms with Gasteiger partial charge in [-0.05, 0) is 28.1 Å². The van der Waals surface area contributed by atoms with Gasteiger partial charge in [-0.3, -0.25) is 9.89 Å². The Bertz CT molecular complexity index is 858. The van der Waals surface area contributed by atoms with Crippen LogP contribution >= 0.6 is 27.5 Å². The highest BCUT2D eigenvalue weighted by atomic mass is 79.9. The zero-order valence-corrected chi connectivity index (χ0v) is 13.0. The molecule has 0 unspecified atom stereocenters. The highest BCUT2D eigenvalue weighted by molar-refractivity contribution is 9.10. The Balaban J connectivity index is 2.17. The second-order valence-corrected chi connectivity index (χ2v) is 5.61. The van der Waals surface area contributed by atoms with E-state index in [1.165, 1.54) is 16.8 Å². The van der Waals surface area contributed by atoms with Gasteiger partial charge in [0.15, 0.2) is 0 Å². The Morgan fingerprint density at radius 2 is 1.86 bits per heavy atom. The maximum atomic E-state index is 13.6. The minimum absolute atomic E-state index is 0.0145. The van der Waals surface area contributed by atoms with Crippen molar-refractivity contribution in [3.63, 3.8) is 0 Å². The van der Waals surface area contributed by atoms with Crippen LogP contribution < -0.4 is 5.56 Å². The molecule has 3 nitrogen and oxygen atoms in total. The van der Waals surface area contributed by atoms with Gasteiger partial charge in [0, 0.05) is 11.6 Å². The highest BCUT2D eigenvalue weighted by Gasteiger charge is 2.15. The van der Waals surface area contributed by atoms with Gasteiger partial charge in [-0.15, -0.1) is 0 Å². The summed E-state index contributed by atoms with van der Waals surface area (Å²) in [5.41, 5.74) is 1.57. The monoisotopic (exact) mass is 366 g/mol. The molecule has 0 aliphatic rings. The lowest BCUT2D eigenvalue weighted by molar-refractivity contribution is 0.625. The van der Waals surface area contributed by atoms with E-state index in [4.69, 9.17) is 11.6 Å². The van der Waals surface area contributed by atoms with Crippen molar-refractivity contribution < 1.29 is 4.39 Å². The number of hydrogen-bond acceptors (Lipinski definition) is 1. The summed E-state index contributed by atoms with van der Waals surface area (Å²) >= 11 is 8.94. The molecule has 106 valence electrons. The third kappa shape index (κ3) is 2.54. The van der Waals surface area contributed by atoms with E-state index in [9.17, 15) is 9.18 Å². The van der Waals surface area contributed by atoms with Crippen molar-refractivity contribution in [3.8, 4) is 16.9 Å². The summed E-state index contributed by atoms with van der Waals surface area (Å²) < 4.78 is 15.2. The SMILES string of the molecule is O=c1c(Br)c(-c2ccccc2)[nH]n1-c1ccc(Cl)c(F)c1.